The van der Waals surface area contributed by atoms with Crippen molar-refractivity contribution in [1.82, 2.24) is 0 Å². The van der Waals surface area contributed by atoms with Crippen LogP contribution in [-0.2, 0) is 0 Å². The molecule has 0 spiro atoms. The average Bonchev–Trinajstić information content (AvgIpc) is 2.71. The number of benzene rings is 1. The first kappa shape index (κ1) is 12.6. The van der Waals surface area contributed by atoms with Crippen molar-refractivity contribution >= 4 is 35.0 Å². The summed E-state index contributed by atoms with van der Waals surface area (Å²) in [5, 5.41) is 2.13. The number of thioether (sulfide) groups is 1. The molecule has 0 bridgehead atoms. The van der Waals surface area contributed by atoms with Gasteiger partial charge < -0.3 is 5.73 Å². The lowest BCUT2D eigenvalue weighted by atomic mass is 10.1. The fourth-order valence-corrected chi connectivity index (χ4v) is 4.07. The first-order valence-electron chi connectivity index (χ1n) is 5.52. The van der Waals surface area contributed by atoms with Gasteiger partial charge in [0.15, 0.2) is 0 Å². The minimum Gasteiger partial charge on any atom is -0.330 e. The summed E-state index contributed by atoms with van der Waals surface area (Å²) in [4.78, 5) is 1.08. The minimum atomic E-state index is 0.598. The van der Waals surface area contributed by atoms with Crippen molar-refractivity contribution in [2.45, 2.75) is 29.4 Å². The van der Waals surface area contributed by atoms with E-state index in [9.17, 15) is 0 Å². The average molecular weight is 276 g/mol. The van der Waals surface area contributed by atoms with Crippen LogP contribution in [-0.4, -0.2) is 11.8 Å². The first-order chi connectivity index (χ1) is 7.70. The number of rotatable bonds is 3. The number of halogens is 2. The molecule has 16 heavy (non-hydrogen) atoms. The number of hydrogen-bond acceptors (Lipinski definition) is 2. The molecule has 0 heterocycles. The third-order valence-electron chi connectivity index (χ3n) is 3.06. The highest BCUT2D eigenvalue weighted by Crippen LogP contribution is 2.41. The van der Waals surface area contributed by atoms with Crippen LogP contribution in [0.15, 0.2) is 23.1 Å². The van der Waals surface area contributed by atoms with Gasteiger partial charge in [-0.25, -0.2) is 0 Å². The molecule has 1 saturated carbocycles. The van der Waals surface area contributed by atoms with Gasteiger partial charge in [0.05, 0.1) is 5.02 Å². The number of hydrogen-bond donors (Lipinski definition) is 1. The summed E-state index contributed by atoms with van der Waals surface area (Å²) in [5.41, 5.74) is 5.77. The Bertz CT molecular complexity index is 370. The molecule has 2 rings (SSSR count). The predicted octanol–water partition coefficient (Wildman–Crippen LogP) is 4.21. The van der Waals surface area contributed by atoms with E-state index in [0.29, 0.717) is 11.2 Å². The second-order valence-electron chi connectivity index (χ2n) is 4.16. The fraction of sp³-hybridized carbons (Fsp3) is 0.500. The van der Waals surface area contributed by atoms with E-state index in [2.05, 4.69) is 0 Å². The van der Waals surface area contributed by atoms with Crippen LogP contribution in [0, 0.1) is 5.92 Å². The largest absolute Gasteiger partial charge is 0.330 e. The van der Waals surface area contributed by atoms with Gasteiger partial charge in [-0.05, 0) is 43.5 Å². The van der Waals surface area contributed by atoms with Crippen LogP contribution in [0.25, 0.3) is 0 Å². The van der Waals surface area contributed by atoms with Gasteiger partial charge in [0.1, 0.15) is 0 Å². The fourth-order valence-electron chi connectivity index (χ4n) is 2.16. The lowest BCUT2D eigenvalue weighted by Crippen LogP contribution is -2.20. The third-order valence-corrected chi connectivity index (χ3v) is 5.26. The second kappa shape index (κ2) is 5.63. The molecule has 1 aromatic carbocycles. The van der Waals surface area contributed by atoms with Gasteiger partial charge in [-0.3, -0.25) is 0 Å². The zero-order valence-corrected chi connectivity index (χ0v) is 11.3. The van der Waals surface area contributed by atoms with Crippen molar-refractivity contribution in [3.8, 4) is 0 Å². The summed E-state index contributed by atoms with van der Waals surface area (Å²) >= 11 is 14.0. The quantitative estimate of drug-likeness (QED) is 0.894. The second-order valence-corrected chi connectivity index (χ2v) is 6.28. The highest BCUT2D eigenvalue weighted by atomic mass is 35.5. The monoisotopic (exact) mass is 275 g/mol. The Hall–Kier alpha value is 0.110. The van der Waals surface area contributed by atoms with E-state index in [4.69, 9.17) is 28.9 Å². The smallest absolute Gasteiger partial charge is 0.0542 e. The van der Waals surface area contributed by atoms with Gasteiger partial charge in [-0.2, -0.15) is 0 Å². The summed E-state index contributed by atoms with van der Waals surface area (Å²) in [7, 11) is 0. The van der Waals surface area contributed by atoms with Crippen molar-refractivity contribution in [3.63, 3.8) is 0 Å². The molecule has 1 nitrogen and oxygen atoms in total. The van der Waals surface area contributed by atoms with Crippen LogP contribution in [0.2, 0.25) is 10.0 Å². The van der Waals surface area contributed by atoms with E-state index < -0.39 is 0 Å². The maximum atomic E-state index is 6.15. The van der Waals surface area contributed by atoms with E-state index in [1.165, 1.54) is 19.3 Å². The molecule has 0 aromatic heterocycles. The predicted molar refractivity (Wildman–Crippen MR) is 72.5 cm³/mol. The van der Waals surface area contributed by atoms with Gasteiger partial charge in [0.25, 0.3) is 0 Å². The van der Waals surface area contributed by atoms with Crippen molar-refractivity contribution in [3.05, 3.63) is 28.2 Å². The van der Waals surface area contributed by atoms with E-state index in [1.54, 1.807) is 0 Å². The first-order valence-corrected chi connectivity index (χ1v) is 7.16. The van der Waals surface area contributed by atoms with Crippen molar-refractivity contribution < 1.29 is 0 Å². The van der Waals surface area contributed by atoms with Gasteiger partial charge in [-0.1, -0.05) is 29.6 Å². The van der Waals surface area contributed by atoms with Gasteiger partial charge >= 0.3 is 0 Å². The molecule has 0 saturated heterocycles. The molecule has 1 aliphatic carbocycles. The van der Waals surface area contributed by atoms with Crippen molar-refractivity contribution in [2.24, 2.45) is 11.7 Å². The molecule has 88 valence electrons. The summed E-state index contributed by atoms with van der Waals surface area (Å²) in [6, 6.07) is 5.63. The summed E-state index contributed by atoms with van der Waals surface area (Å²) in [5.74, 6) is 0.625. The van der Waals surface area contributed by atoms with Crippen molar-refractivity contribution in [2.75, 3.05) is 6.54 Å². The molecule has 2 N–H and O–H groups in total. The summed E-state index contributed by atoms with van der Waals surface area (Å²) in [6.45, 7) is 0.774. The van der Waals surface area contributed by atoms with E-state index >= 15 is 0 Å². The van der Waals surface area contributed by atoms with Crippen molar-refractivity contribution in [1.29, 1.82) is 0 Å². The summed E-state index contributed by atoms with van der Waals surface area (Å²) in [6.07, 6.45) is 3.75. The van der Waals surface area contributed by atoms with E-state index in [-0.39, 0.29) is 0 Å². The molecule has 2 atom stereocenters. The Labute approximate surface area is 111 Å². The molecule has 1 fully saturated rings. The molecule has 0 radical (unpaired) electrons. The van der Waals surface area contributed by atoms with Crippen LogP contribution in [0.4, 0.5) is 0 Å². The van der Waals surface area contributed by atoms with Gasteiger partial charge in [-0.15, -0.1) is 11.8 Å². The topological polar surface area (TPSA) is 26.0 Å². The van der Waals surface area contributed by atoms with E-state index in [1.807, 2.05) is 30.0 Å². The maximum Gasteiger partial charge on any atom is 0.0542 e. The van der Waals surface area contributed by atoms with Crippen LogP contribution in [0.3, 0.4) is 0 Å². The minimum absolute atomic E-state index is 0.598. The molecule has 1 aliphatic rings. The Morgan fingerprint density at radius 3 is 2.88 bits per heavy atom. The van der Waals surface area contributed by atoms with Crippen LogP contribution < -0.4 is 5.73 Å². The maximum absolute atomic E-state index is 6.15. The zero-order chi connectivity index (χ0) is 11.5. The Kier molecular flexibility index (Phi) is 4.42. The molecule has 4 heteroatoms. The SMILES string of the molecule is NCC1CCCC1Sc1cc(Cl)ccc1Cl. The normalized spacial score (nSPS) is 24.9. The number of nitrogens with two attached hydrogens (primary N) is 1. The standard InChI is InChI=1S/C12H15Cl2NS/c13-9-4-5-10(14)12(6-9)16-11-3-1-2-8(11)7-15/h4-6,8,11H,1-3,7,15H2. The lowest BCUT2D eigenvalue weighted by Gasteiger charge is -2.17. The molecule has 2 unspecified atom stereocenters. The highest BCUT2D eigenvalue weighted by Gasteiger charge is 2.27. The lowest BCUT2D eigenvalue weighted by molar-refractivity contribution is 0.573. The Balaban J connectivity index is 2.11. The molecular weight excluding hydrogens is 261 g/mol. The molecule has 1 aromatic rings. The Morgan fingerprint density at radius 2 is 2.12 bits per heavy atom. The zero-order valence-electron chi connectivity index (χ0n) is 8.96. The van der Waals surface area contributed by atoms with Crippen LogP contribution in [0.1, 0.15) is 19.3 Å². The van der Waals surface area contributed by atoms with E-state index in [0.717, 1.165) is 21.5 Å². The highest BCUT2D eigenvalue weighted by molar-refractivity contribution is 8.00. The van der Waals surface area contributed by atoms with Crippen LogP contribution >= 0.6 is 35.0 Å². The molecule has 0 amide bonds. The third kappa shape index (κ3) is 2.86. The van der Waals surface area contributed by atoms with Gasteiger partial charge in [0.2, 0.25) is 0 Å². The van der Waals surface area contributed by atoms with Crippen LogP contribution in [0.5, 0.6) is 0 Å². The summed E-state index contributed by atoms with van der Waals surface area (Å²) < 4.78 is 0. The molecule has 0 aliphatic heterocycles. The Morgan fingerprint density at radius 1 is 1.31 bits per heavy atom. The van der Waals surface area contributed by atoms with Gasteiger partial charge in [0, 0.05) is 15.2 Å². The molecular formula is C12H15Cl2NS.